The molecule has 1 N–H and O–H groups in total. The average Bonchev–Trinajstić information content (AvgIpc) is 2.37. The Hall–Kier alpha value is -1.60. The van der Waals surface area contributed by atoms with E-state index in [1.807, 2.05) is 19.1 Å². The lowest BCUT2D eigenvalue weighted by atomic mass is 9.75. The van der Waals surface area contributed by atoms with E-state index in [0.29, 0.717) is 0 Å². The quantitative estimate of drug-likeness (QED) is 0.680. The molecular formula is C20H28O. The second kappa shape index (κ2) is 7.99. The standard InChI is InChI=1S/C20H28O/c1-16(8-6-9-17(2)13-15-21)11-12-19-18(3)10-7-14-20(19,4)5/h6-13,21H,14-15H2,1-5H3/b9-6+,12-11-,16-8-,17-13+. The van der Waals surface area contributed by atoms with E-state index in [2.05, 4.69) is 58.1 Å². The molecule has 0 unspecified atom stereocenters. The highest BCUT2D eigenvalue weighted by Gasteiger charge is 2.23. The number of aliphatic hydroxyl groups is 1. The average molecular weight is 284 g/mol. The normalized spacial score (nSPS) is 20.1. The van der Waals surface area contributed by atoms with Gasteiger partial charge in [0.05, 0.1) is 6.61 Å². The van der Waals surface area contributed by atoms with Crippen molar-refractivity contribution in [3.63, 3.8) is 0 Å². The van der Waals surface area contributed by atoms with Gasteiger partial charge in [-0.1, -0.05) is 73.6 Å². The van der Waals surface area contributed by atoms with Crippen LogP contribution in [0.25, 0.3) is 0 Å². The van der Waals surface area contributed by atoms with Gasteiger partial charge in [0.1, 0.15) is 0 Å². The van der Waals surface area contributed by atoms with Crippen molar-refractivity contribution in [1.29, 1.82) is 0 Å². The molecule has 0 atom stereocenters. The summed E-state index contributed by atoms with van der Waals surface area (Å²) in [5.74, 6) is 0. The van der Waals surface area contributed by atoms with Crippen LogP contribution in [0.5, 0.6) is 0 Å². The van der Waals surface area contributed by atoms with Gasteiger partial charge in [-0.15, -0.1) is 0 Å². The summed E-state index contributed by atoms with van der Waals surface area (Å²) in [6.07, 6.45) is 17.9. The Morgan fingerprint density at radius 3 is 2.57 bits per heavy atom. The van der Waals surface area contributed by atoms with Crippen molar-refractivity contribution < 1.29 is 5.11 Å². The Morgan fingerprint density at radius 2 is 1.95 bits per heavy atom. The maximum absolute atomic E-state index is 8.80. The van der Waals surface area contributed by atoms with Gasteiger partial charge in [-0.3, -0.25) is 0 Å². The molecule has 0 saturated carbocycles. The number of rotatable bonds is 5. The van der Waals surface area contributed by atoms with Crippen LogP contribution in [0.1, 0.15) is 41.0 Å². The molecule has 0 fully saturated rings. The first-order valence-corrected chi connectivity index (χ1v) is 7.55. The van der Waals surface area contributed by atoms with Crippen LogP contribution in [0.4, 0.5) is 0 Å². The Balaban J connectivity index is 2.80. The predicted octanol–water partition coefficient (Wildman–Crippen LogP) is 5.29. The topological polar surface area (TPSA) is 20.2 Å². The van der Waals surface area contributed by atoms with Crippen LogP contribution >= 0.6 is 0 Å². The fourth-order valence-electron chi connectivity index (χ4n) is 2.45. The molecule has 0 aromatic rings. The van der Waals surface area contributed by atoms with Gasteiger partial charge in [0, 0.05) is 0 Å². The summed E-state index contributed by atoms with van der Waals surface area (Å²) in [5, 5.41) is 8.80. The molecule has 0 heterocycles. The second-order valence-corrected chi connectivity index (χ2v) is 6.32. The van der Waals surface area contributed by atoms with Crippen LogP contribution in [-0.4, -0.2) is 11.7 Å². The first-order chi connectivity index (χ1) is 9.86. The Kier molecular flexibility index (Phi) is 6.64. The van der Waals surface area contributed by atoms with E-state index in [9.17, 15) is 0 Å². The van der Waals surface area contributed by atoms with Crippen LogP contribution in [0.3, 0.4) is 0 Å². The zero-order valence-electron chi connectivity index (χ0n) is 14.0. The minimum absolute atomic E-state index is 0.0921. The van der Waals surface area contributed by atoms with Crippen LogP contribution < -0.4 is 0 Å². The third kappa shape index (κ3) is 5.73. The zero-order valence-corrected chi connectivity index (χ0v) is 14.0. The highest BCUT2D eigenvalue weighted by atomic mass is 16.2. The van der Waals surface area contributed by atoms with Crippen molar-refractivity contribution >= 4 is 0 Å². The molecule has 1 aliphatic rings. The first kappa shape index (κ1) is 17.5. The molecule has 1 aliphatic carbocycles. The molecule has 1 rings (SSSR count). The predicted molar refractivity (Wildman–Crippen MR) is 93.1 cm³/mol. The van der Waals surface area contributed by atoms with Crippen molar-refractivity contribution in [2.75, 3.05) is 6.61 Å². The van der Waals surface area contributed by atoms with Gasteiger partial charge in [-0.25, -0.2) is 0 Å². The molecule has 21 heavy (non-hydrogen) atoms. The minimum atomic E-state index is 0.0921. The minimum Gasteiger partial charge on any atom is -0.392 e. The fraction of sp³-hybridized carbons (Fsp3) is 0.400. The lowest BCUT2D eigenvalue weighted by Gasteiger charge is -2.29. The first-order valence-electron chi connectivity index (χ1n) is 7.55. The van der Waals surface area contributed by atoms with Crippen molar-refractivity contribution in [3.8, 4) is 0 Å². The number of hydrogen-bond donors (Lipinski definition) is 1. The van der Waals surface area contributed by atoms with Crippen molar-refractivity contribution in [2.45, 2.75) is 41.0 Å². The van der Waals surface area contributed by atoms with Gasteiger partial charge in [-0.05, 0) is 43.8 Å². The van der Waals surface area contributed by atoms with Gasteiger partial charge in [0.25, 0.3) is 0 Å². The lowest BCUT2D eigenvalue weighted by molar-refractivity contribution is 0.342. The molecule has 0 aromatic heterocycles. The van der Waals surface area contributed by atoms with E-state index in [0.717, 1.165) is 12.0 Å². The van der Waals surface area contributed by atoms with E-state index in [1.165, 1.54) is 16.7 Å². The van der Waals surface area contributed by atoms with Gasteiger partial charge < -0.3 is 5.11 Å². The molecule has 0 aromatic carbocycles. The fourth-order valence-corrected chi connectivity index (χ4v) is 2.45. The molecule has 1 nitrogen and oxygen atoms in total. The molecule has 0 bridgehead atoms. The summed E-state index contributed by atoms with van der Waals surface area (Å²) in [4.78, 5) is 0. The SMILES string of the molecule is CC1=C(\C=C/C(C)=C\C=C\C(C)=C\CO)C(C)(C)CC=C1. The van der Waals surface area contributed by atoms with Gasteiger partial charge in [0.2, 0.25) is 0 Å². The Morgan fingerprint density at radius 1 is 1.24 bits per heavy atom. The number of allylic oxidation sites excluding steroid dienone is 11. The van der Waals surface area contributed by atoms with Gasteiger partial charge >= 0.3 is 0 Å². The van der Waals surface area contributed by atoms with E-state index in [4.69, 9.17) is 5.11 Å². The molecule has 0 amide bonds. The summed E-state index contributed by atoms with van der Waals surface area (Å²) < 4.78 is 0. The maximum Gasteiger partial charge on any atom is 0.0617 e. The van der Waals surface area contributed by atoms with E-state index in [1.54, 1.807) is 6.08 Å². The van der Waals surface area contributed by atoms with Gasteiger partial charge in [0.15, 0.2) is 0 Å². The third-order valence-corrected chi connectivity index (χ3v) is 3.79. The highest BCUT2D eigenvalue weighted by molar-refractivity contribution is 5.42. The monoisotopic (exact) mass is 284 g/mol. The van der Waals surface area contributed by atoms with Crippen LogP contribution in [0.2, 0.25) is 0 Å². The largest absolute Gasteiger partial charge is 0.392 e. The van der Waals surface area contributed by atoms with Crippen LogP contribution in [0.15, 0.2) is 70.9 Å². The molecule has 114 valence electrons. The van der Waals surface area contributed by atoms with Crippen LogP contribution in [0, 0.1) is 5.41 Å². The summed E-state index contributed by atoms with van der Waals surface area (Å²) in [7, 11) is 0. The van der Waals surface area contributed by atoms with E-state index in [-0.39, 0.29) is 12.0 Å². The van der Waals surface area contributed by atoms with E-state index < -0.39 is 0 Å². The Bertz CT molecular complexity index is 534. The summed E-state index contributed by atoms with van der Waals surface area (Å²) in [5.41, 5.74) is 5.27. The molecule has 0 spiro atoms. The Labute approximate surface area is 129 Å². The van der Waals surface area contributed by atoms with Crippen molar-refractivity contribution in [2.24, 2.45) is 5.41 Å². The number of hydrogen-bond acceptors (Lipinski definition) is 1. The summed E-state index contributed by atoms with van der Waals surface area (Å²) in [6.45, 7) is 10.9. The number of aliphatic hydroxyl groups excluding tert-OH is 1. The molecule has 0 aliphatic heterocycles. The zero-order chi connectivity index (χ0) is 15.9. The summed E-state index contributed by atoms with van der Waals surface area (Å²) >= 11 is 0. The maximum atomic E-state index is 8.80. The molecular weight excluding hydrogens is 256 g/mol. The highest BCUT2D eigenvalue weighted by Crippen LogP contribution is 2.37. The summed E-state index contributed by atoms with van der Waals surface area (Å²) in [6, 6.07) is 0. The third-order valence-electron chi connectivity index (χ3n) is 3.79. The lowest BCUT2D eigenvalue weighted by Crippen LogP contribution is -2.16. The van der Waals surface area contributed by atoms with Crippen molar-refractivity contribution in [3.05, 3.63) is 70.9 Å². The smallest absolute Gasteiger partial charge is 0.0617 e. The van der Waals surface area contributed by atoms with Crippen molar-refractivity contribution in [1.82, 2.24) is 0 Å². The van der Waals surface area contributed by atoms with Crippen LogP contribution in [-0.2, 0) is 0 Å². The molecule has 1 heteroatoms. The molecule has 0 radical (unpaired) electrons. The van der Waals surface area contributed by atoms with Gasteiger partial charge in [-0.2, -0.15) is 0 Å². The second-order valence-electron chi connectivity index (χ2n) is 6.32. The van der Waals surface area contributed by atoms with E-state index >= 15 is 0 Å². The molecule has 0 saturated heterocycles.